The minimum atomic E-state index is -4.66. The van der Waals surface area contributed by atoms with E-state index < -0.39 is 29.2 Å². The molecule has 0 aromatic heterocycles. The van der Waals surface area contributed by atoms with Gasteiger partial charge in [-0.05, 0) is 50.2 Å². The van der Waals surface area contributed by atoms with Crippen molar-refractivity contribution in [3.63, 3.8) is 0 Å². The van der Waals surface area contributed by atoms with E-state index in [0.717, 1.165) is 17.0 Å². The first kappa shape index (κ1) is 25.3. The highest BCUT2D eigenvalue weighted by molar-refractivity contribution is 6.23. The van der Waals surface area contributed by atoms with Crippen LogP contribution in [0.25, 0.3) is 0 Å². The second-order valence-corrected chi connectivity index (χ2v) is 9.04. The van der Waals surface area contributed by atoms with Gasteiger partial charge in [0.25, 0.3) is 11.8 Å². The number of rotatable bonds is 5. The van der Waals surface area contributed by atoms with Crippen LogP contribution in [0.1, 0.15) is 35.3 Å². The first-order chi connectivity index (χ1) is 18.1. The number of hydrogen-bond acceptors (Lipinski definition) is 4. The SMILES string of the molecule is CCN(CC)C(=O)CN1C(=O)[C@]2(Nc3ccccc3C(=O)N2c2cccc(C(F)(F)F)c2)c2ccccc21. The van der Waals surface area contributed by atoms with E-state index in [4.69, 9.17) is 0 Å². The molecule has 0 saturated carbocycles. The van der Waals surface area contributed by atoms with Crippen molar-refractivity contribution in [1.82, 2.24) is 4.90 Å². The lowest BCUT2D eigenvalue weighted by molar-refractivity contribution is -0.137. The number of carbonyl (C=O) groups is 3. The lowest BCUT2D eigenvalue weighted by atomic mass is 9.92. The third-order valence-electron chi connectivity index (χ3n) is 6.99. The van der Waals surface area contributed by atoms with Crippen molar-refractivity contribution >= 4 is 34.8 Å². The number of fused-ring (bicyclic) bond motifs is 3. The van der Waals surface area contributed by atoms with Crippen molar-refractivity contribution in [3.05, 3.63) is 89.5 Å². The van der Waals surface area contributed by atoms with Gasteiger partial charge in [0.1, 0.15) is 6.54 Å². The summed E-state index contributed by atoms with van der Waals surface area (Å²) in [6.07, 6.45) is -4.66. The molecule has 2 aliphatic rings. The lowest BCUT2D eigenvalue weighted by Crippen LogP contribution is -2.63. The van der Waals surface area contributed by atoms with Crippen LogP contribution in [0.15, 0.2) is 72.8 Å². The monoisotopic (exact) mass is 522 g/mol. The maximum Gasteiger partial charge on any atom is 0.416 e. The summed E-state index contributed by atoms with van der Waals surface area (Å²) in [4.78, 5) is 45.4. The van der Waals surface area contributed by atoms with E-state index in [9.17, 15) is 27.6 Å². The molecule has 2 aliphatic heterocycles. The molecule has 0 radical (unpaired) electrons. The normalized spacial score (nSPS) is 18.3. The average Bonchev–Trinajstić information content (AvgIpc) is 3.12. The Morgan fingerprint density at radius 3 is 2.34 bits per heavy atom. The third-order valence-corrected chi connectivity index (χ3v) is 6.99. The molecule has 1 atom stereocenters. The minimum Gasteiger partial charge on any atom is -0.350 e. The molecule has 38 heavy (non-hydrogen) atoms. The van der Waals surface area contributed by atoms with Gasteiger partial charge in [-0.2, -0.15) is 13.2 Å². The molecule has 0 bridgehead atoms. The van der Waals surface area contributed by atoms with Gasteiger partial charge in [0.05, 0.1) is 16.8 Å². The van der Waals surface area contributed by atoms with E-state index in [-0.39, 0.29) is 23.7 Å². The molecular formula is C28H25F3N4O3. The fraction of sp³-hybridized carbons (Fsp3) is 0.250. The Bertz CT molecular complexity index is 1440. The molecule has 10 heteroatoms. The number of alkyl halides is 3. The molecule has 0 fully saturated rings. The first-order valence-corrected chi connectivity index (χ1v) is 12.2. The molecule has 1 spiro atoms. The van der Waals surface area contributed by atoms with Crippen LogP contribution in [-0.2, 0) is 21.4 Å². The van der Waals surface area contributed by atoms with Gasteiger partial charge in [0.15, 0.2) is 0 Å². The number of nitrogens with one attached hydrogen (secondary N) is 1. The summed E-state index contributed by atoms with van der Waals surface area (Å²) < 4.78 is 41.0. The predicted molar refractivity (Wildman–Crippen MR) is 137 cm³/mol. The molecule has 7 nitrogen and oxygen atoms in total. The molecular weight excluding hydrogens is 497 g/mol. The highest BCUT2D eigenvalue weighted by Gasteiger charge is 2.60. The number of carbonyl (C=O) groups excluding carboxylic acids is 3. The Kier molecular flexibility index (Phi) is 6.13. The van der Waals surface area contributed by atoms with E-state index in [1.807, 2.05) is 13.8 Å². The molecule has 3 aromatic carbocycles. The van der Waals surface area contributed by atoms with Gasteiger partial charge in [-0.15, -0.1) is 0 Å². The van der Waals surface area contributed by atoms with Crippen LogP contribution in [0, 0.1) is 0 Å². The topological polar surface area (TPSA) is 73.0 Å². The van der Waals surface area contributed by atoms with Crippen LogP contribution in [0.3, 0.4) is 0 Å². The summed E-state index contributed by atoms with van der Waals surface area (Å²) in [7, 11) is 0. The van der Waals surface area contributed by atoms with Crippen molar-refractivity contribution < 1.29 is 27.6 Å². The number of amides is 3. The number of nitrogens with zero attached hydrogens (tertiary/aromatic N) is 3. The Balaban J connectivity index is 1.73. The second kappa shape index (κ2) is 9.20. The quantitative estimate of drug-likeness (QED) is 0.520. The van der Waals surface area contributed by atoms with E-state index in [1.54, 1.807) is 53.4 Å². The van der Waals surface area contributed by atoms with Crippen LogP contribution < -0.4 is 15.1 Å². The summed E-state index contributed by atoms with van der Waals surface area (Å²) in [5.41, 5.74) is -1.64. The molecule has 0 saturated heterocycles. The Morgan fingerprint density at radius 2 is 1.63 bits per heavy atom. The zero-order chi connectivity index (χ0) is 27.2. The van der Waals surface area contributed by atoms with Crippen molar-refractivity contribution in [3.8, 4) is 0 Å². The van der Waals surface area contributed by atoms with E-state index in [1.165, 1.54) is 17.0 Å². The average molecular weight is 523 g/mol. The van der Waals surface area contributed by atoms with Crippen LogP contribution in [-0.4, -0.2) is 42.3 Å². The number of likely N-dealkylation sites (N-methyl/N-ethyl adjacent to an activating group) is 1. The predicted octanol–water partition coefficient (Wildman–Crippen LogP) is 4.85. The summed E-state index contributed by atoms with van der Waals surface area (Å²) in [5.74, 6) is -1.57. The minimum absolute atomic E-state index is 0.105. The first-order valence-electron chi connectivity index (χ1n) is 12.2. The van der Waals surface area contributed by atoms with Gasteiger partial charge in [0.2, 0.25) is 11.6 Å². The van der Waals surface area contributed by atoms with Crippen molar-refractivity contribution in [2.75, 3.05) is 34.8 Å². The molecule has 3 amide bonds. The zero-order valence-corrected chi connectivity index (χ0v) is 20.7. The van der Waals surface area contributed by atoms with Crippen LogP contribution in [0.5, 0.6) is 0 Å². The summed E-state index contributed by atoms with van der Waals surface area (Å²) >= 11 is 0. The van der Waals surface area contributed by atoms with E-state index in [0.29, 0.717) is 30.0 Å². The Hall–Kier alpha value is -4.34. The van der Waals surface area contributed by atoms with Crippen LogP contribution in [0.4, 0.5) is 30.2 Å². The maximum absolute atomic E-state index is 14.4. The van der Waals surface area contributed by atoms with Gasteiger partial charge in [-0.1, -0.05) is 36.4 Å². The largest absolute Gasteiger partial charge is 0.416 e. The Morgan fingerprint density at radius 1 is 0.947 bits per heavy atom. The van der Waals surface area contributed by atoms with E-state index in [2.05, 4.69) is 5.32 Å². The number of para-hydroxylation sites is 2. The number of anilines is 3. The number of halogens is 3. The molecule has 196 valence electrons. The second-order valence-electron chi connectivity index (χ2n) is 9.04. The van der Waals surface area contributed by atoms with Crippen LogP contribution >= 0.6 is 0 Å². The van der Waals surface area contributed by atoms with Crippen molar-refractivity contribution in [2.45, 2.75) is 25.7 Å². The third kappa shape index (κ3) is 3.79. The molecule has 1 N–H and O–H groups in total. The standard InChI is InChI=1S/C28H25F3N4O3/c1-3-33(4-2)24(36)17-34-23-15-8-6-13-21(23)27(26(34)38)32-22-14-7-5-12-20(22)25(37)35(27)19-11-9-10-18(16-19)28(29,30)31/h5-16,32H,3-4,17H2,1-2H3/t27-/m0/s1. The smallest absolute Gasteiger partial charge is 0.350 e. The van der Waals surface area contributed by atoms with Gasteiger partial charge >= 0.3 is 6.18 Å². The van der Waals surface area contributed by atoms with Crippen molar-refractivity contribution in [2.24, 2.45) is 0 Å². The van der Waals surface area contributed by atoms with Crippen molar-refractivity contribution in [1.29, 1.82) is 0 Å². The van der Waals surface area contributed by atoms with Gasteiger partial charge in [-0.25, -0.2) is 0 Å². The summed E-state index contributed by atoms with van der Waals surface area (Å²) in [5, 5.41) is 3.18. The van der Waals surface area contributed by atoms with Gasteiger partial charge < -0.3 is 10.2 Å². The maximum atomic E-state index is 14.4. The number of benzene rings is 3. The lowest BCUT2D eigenvalue weighted by Gasteiger charge is -2.45. The Labute approximate surface area is 217 Å². The molecule has 0 aliphatic carbocycles. The van der Waals surface area contributed by atoms with Crippen LogP contribution in [0.2, 0.25) is 0 Å². The fourth-order valence-corrected chi connectivity index (χ4v) is 5.17. The highest BCUT2D eigenvalue weighted by atomic mass is 19.4. The number of hydrogen-bond donors (Lipinski definition) is 1. The fourth-order valence-electron chi connectivity index (χ4n) is 5.17. The summed E-state index contributed by atoms with van der Waals surface area (Å²) in [6.45, 7) is 4.27. The van der Waals surface area contributed by atoms with Gasteiger partial charge in [-0.3, -0.25) is 24.2 Å². The molecule has 0 unspecified atom stereocenters. The zero-order valence-electron chi connectivity index (χ0n) is 20.7. The molecule has 5 rings (SSSR count). The molecule has 3 aromatic rings. The highest BCUT2D eigenvalue weighted by Crippen LogP contribution is 2.50. The van der Waals surface area contributed by atoms with Gasteiger partial charge in [0, 0.05) is 30.0 Å². The summed E-state index contributed by atoms with van der Waals surface area (Å²) in [6, 6.07) is 17.5. The molecule has 2 heterocycles. The van der Waals surface area contributed by atoms with E-state index >= 15 is 0 Å².